The zero-order valence-electron chi connectivity index (χ0n) is 24.4. The molecule has 3 aliphatic carbocycles. The summed E-state index contributed by atoms with van der Waals surface area (Å²) in [4.78, 5) is 35.6. The Labute approximate surface area is 252 Å². The third-order valence-electron chi connectivity index (χ3n) is 10.1. The van der Waals surface area contributed by atoms with Gasteiger partial charge in [-0.1, -0.05) is 18.6 Å². The van der Waals surface area contributed by atoms with Crippen molar-refractivity contribution in [3.63, 3.8) is 0 Å². The van der Waals surface area contributed by atoms with Gasteiger partial charge < -0.3 is 34.7 Å². The lowest BCUT2D eigenvalue weighted by atomic mass is 9.49. The Morgan fingerprint density at radius 2 is 1.61 bits per heavy atom. The molecule has 0 bridgehead atoms. The third-order valence-corrected chi connectivity index (χ3v) is 10.1. The van der Waals surface area contributed by atoms with E-state index >= 15 is 0 Å². The molecule has 0 unspecified atom stereocenters. The van der Waals surface area contributed by atoms with Gasteiger partial charge in [-0.05, 0) is 81.2 Å². The van der Waals surface area contributed by atoms with Gasteiger partial charge >= 0.3 is 5.97 Å². The van der Waals surface area contributed by atoms with Crippen LogP contribution in [0.3, 0.4) is 0 Å². The number of ether oxygens (including phenoxy) is 1. The van der Waals surface area contributed by atoms with Crippen LogP contribution in [0.4, 0.5) is 0 Å². The van der Waals surface area contributed by atoms with Gasteiger partial charge in [0.05, 0.1) is 0 Å². The van der Waals surface area contributed by atoms with E-state index < -0.39 is 22.7 Å². The SMILES string of the molecule is C[C@]12C=CC(=O)C=C1CC[C@@H]1[C@@H]2CC[C@]2(C)OC(=O)CC[C@@H]12.O=c1c(O)c(-c2ccc(O)c(O)c2)oc2cc(O)cc(O)c12. The third kappa shape index (κ3) is 4.78. The summed E-state index contributed by atoms with van der Waals surface area (Å²) >= 11 is 0. The van der Waals surface area contributed by atoms with E-state index in [-0.39, 0.29) is 56.6 Å². The average Bonchev–Trinajstić information content (AvgIpc) is 2.96. The number of fused-ring (bicyclic) bond motifs is 6. The lowest BCUT2D eigenvalue weighted by Gasteiger charge is -2.58. The van der Waals surface area contributed by atoms with Crippen LogP contribution in [0.1, 0.15) is 52.4 Å². The smallest absolute Gasteiger partial charge is 0.306 e. The second-order valence-electron chi connectivity index (χ2n) is 12.6. The maximum atomic E-state index is 12.1. The van der Waals surface area contributed by atoms with E-state index in [1.807, 2.05) is 6.08 Å². The van der Waals surface area contributed by atoms with Crippen LogP contribution in [-0.2, 0) is 14.3 Å². The van der Waals surface area contributed by atoms with Gasteiger partial charge in [0, 0.05) is 35.4 Å². The summed E-state index contributed by atoms with van der Waals surface area (Å²) in [6.07, 6.45) is 11.5. The van der Waals surface area contributed by atoms with Crippen molar-refractivity contribution in [3.8, 4) is 40.1 Å². The summed E-state index contributed by atoms with van der Waals surface area (Å²) in [7, 11) is 0. The number of carbonyl (C=O) groups excluding carboxylic acids is 2. The molecule has 44 heavy (non-hydrogen) atoms. The van der Waals surface area contributed by atoms with Crippen LogP contribution in [-0.4, -0.2) is 42.9 Å². The first kappa shape index (κ1) is 29.3. The standard InChI is InChI=1S/C19H24O3.C15H10O7/c1-18-9-7-13(20)11-12(18)3-4-14-15(18)8-10-19(2)16(14)5-6-17(21)22-19;16-7-4-10(19)12-11(5-7)22-15(14(21)13(12)20)6-1-2-8(17)9(18)3-6/h7,9,11,14-16H,3-6,8,10H2,1-2H3;1-5,16-19,21H/t14-,15+,16+,18+,19+;/m1./s1. The Morgan fingerprint density at radius 3 is 2.36 bits per heavy atom. The highest BCUT2D eigenvalue weighted by atomic mass is 16.6. The molecule has 0 spiro atoms. The zero-order valence-corrected chi connectivity index (χ0v) is 24.4. The van der Waals surface area contributed by atoms with Crippen molar-refractivity contribution in [1.29, 1.82) is 0 Å². The normalized spacial score (nSPS) is 29.0. The maximum absolute atomic E-state index is 12.1. The van der Waals surface area contributed by atoms with Crippen LogP contribution < -0.4 is 5.43 Å². The van der Waals surface area contributed by atoms with Gasteiger partial charge in [0.25, 0.3) is 0 Å². The lowest BCUT2D eigenvalue weighted by Crippen LogP contribution is -2.56. The monoisotopic (exact) mass is 602 g/mol. The van der Waals surface area contributed by atoms with Crippen molar-refractivity contribution in [2.75, 3.05) is 0 Å². The van der Waals surface area contributed by atoms with Crippen LogP contribution in [0, 0.1) is 23.2 Å². The van der Waals surface area contributed by atoms with E-state index in [2.05, 4.69) is 19.9 Å². The fourth-order valence-corrected chi connectivity index (χ4v) is 7.85. The molecule has 4 aliphatic rings. The van der Waals surface area contributed by atoms with Crippen LogP contribution in [0.5, 0.6) is 28.7 Å². The fraction of sp³-hybridized carbons (Fsp3) is 0.382. The topological polar surface area (TPSA) is 175 Å². The predicted octanol–water partition coefficient (Wildman–Crippen LogP) is 5.58. The first-order valence-corrected chi connectivity index (χ1v) is 14.7. The molecule has 5 atom stereocenters. The van der Waals surface area contributed by atoms with Gasteiger partial charge in [0.15, 0.2) is 23.0 Å². The van der Waals surface area contributed by atoms with E-state index in [0.717, 1.165) is 56.4 Å². The second kappa shape index (κ2) is 10.5. The van der Waals surface area contributed by atoms with Crippen LogP contribution >= 0.6 is 0 Å². The molecule has 0 radical (unpaired) electrons. The molecule has 0 amide bonds. The highest BCUT2D eigenvalue weighted by Gasteiger charge is 2.56. The number of hydrogen-bond acceptors (Lipinski definition) is 10. The fourth-order valence-electron chi connectivity index (χ4n) is 7.85. The minimum absolute atomic E-state index is 0.0250. The Balaban J connectivity index is 0.000000156. The van der Waals surface area contributed by atoms with Crippen molar-refractivity contribution in [2.24, 2.45) is 23.2 Å². The summed E-state index contributed by atoms with van der Waals surface area (Å²) < 4.78 is 11.1. The number of phenols is 4. The predicted molar refractivity (Wildman–Crippen MR) is 159 cm³/mol. The van der Waals surface area contributed by atoms with Crippen molar-refractivity contribution in [3.05, 3.63) is 64.4 Å². The largest absolute Gasteiger partial charge is 0.508 e. The van der Waals surface area contributed by atoms with Crippen LogP contribution in [0.15, 0.2) is 63.3 Å². The van der Waals surface area contributed by atoms with E-state index in [9.17, 15) is 39.9 Å². The number of rotatable bonds is 1. The van der Waals surface area contributed by atoms with Gasteiger partial charge in [-0.25, -0.2) is 0 Å². The highest BCUT2D eigenvalue weighted by Crippen LogP contribution is 2.60. The number of esters is 1. The molecule has 5 N–H and O–H groups in total. The van der Waals surface area contributed by atoms with E-state index in [1.54, 1.807) is 6.08 Å². The van der Waals surface area contributed by atoms with E-state index in [4.69, 9.17) is 9.15 Å². The highest BCUT2D eigenvalue weighted by molar-refractivity contribution is 6.01. The maximum Gasteiger partial charge on any atom is 0.306 e. The number of carbonyl (C=O) groups is 2. The van der Waals surface area contributed by atoms with Gasteiger partial charge in [-0.3, -0.25) is 14.4 Å². The first-order valence-electron chi connectivity index (χ1n) is 14.7. The summed E-state index contributed by atoms with van der Waals surface area (Å²) in [5.74, 6) is -0.943. The molecule has 3 aromatic rings. The summed E-state index contributed by atoms with van der Waals surface area (Å²) in [6.45, 7) is 4.44. The van der Waals surface area contributed by atoms with Crippen molar-refractivity contribution in [2.45, 2.75) is 58.0 Å². The zero-order chi connectivity index (χ0) is 31.6. The van der Waals surface area contributed by atoms with Crippen molar-refractivity contribution < 1.29 is 44.3 Å². The number of allylic oxidation sites excluding steroid dienone is 4. The molecule has 3 fully saturated rings. The molecular weight excluding hydrogens is 568 g/mol. The Morgan fingerprint density at radius 1 is 0.841 bits per heavy atom. The summed E-state index contributed by atoms with van der Waals surface area (Å²) in [5, 5.41) is 47.6. The molecule has 2 aromatic carbocycles. The van der Waals surface area contributed by atoms with E-state index in [1.165, 1.54) is 11.6 Å². The molecular formula is C34H34O10. The number of benzene rings is 2. The van der Waals surface area contributed by atoms with Crippen molar-refractivity contribution in [1.82, 2.24) is 0 Å². The minimum atomic E-state index is -0.888. The molecule has 1 aromatic heterocycles. The quantitative estimate of drug-likeness (QED) is 0.175. The number of phenolic OH excluding ortho intramolecular Hbond substituents is 4. The van der Waals surface area contributed by atoms with Crippen molar-refractivity contribution >= 4 is 22.7 Å². The van der Waals surface area contributed by atoms with Gasteiger partial charge in [-0.15, -0.1) is 0 Å². The molecule has 230 valence electrons. The van der Waals surface area contributed by atoms with E-state index in [0.29, 0.717) is 24.2 Å². The second-order valence-corrected chi connectivity index (χ2v) is 12.6. The lowest BCUT2D eigenvalue weighted by molar-refractivity contribution is -0.192. The number of hydrogen-bond donors (Lipinski definition) is 5. The van der Waals surface area contributed by atoms with Crippen LogP contribution in [0.2, 0.25) is 0 Å². The molecule has 7 rings (SSSR count). The number of aromatic hydroxyl groups is 5. The summed E-state index contributed by atoms with van der Waals surface area (Å²) in [6, 6.07) is 5.64. The Bertz CT molecular complexity index is 1820. The Hall–Kier alpha value is -4.73. The van der Waals surface area contributed by atoms with Crippen LogP contribution in [0.25, 0.3) is 22.3 Å². The molecule has 10 heteroatoms. The molecule has 2 heterocycles. The first-order chi connectivity index (χ1) is 20.8. The van der Waals surface area contributed by atoms with Gasteiger partial charge in [-0.2, -0.15) is 0 Å². The summed E-state index contributed by atoms with van der Waals surface area (Å²) in [5.41, 5.74) is 0.193. The van der Waals surface area contributed by atoms with Gasteiger partial charge in [0.2, 0.25) is 11.2 Å². The Kier molecular flexibility index (Phi) is 6.98. The molecule has 1 saturated heterocycles. The minimum Gasteiger partial charge on any atom is -0.508 e. The molecule has 10 nitrogen and oxygen atoms in total. The number of ketones is 1. The average molecular weight is 603 g/mol. The molecule has 1 aliphatic heterocycles. The molecule has 2 saturated carbocycles. The van der Waals surface area contributed by atoms with Gasteiger partial charge in [0.1, 0.15) is 28.1 Å².